The van der Waals surface area contributed by atoms with Crippen LogP contribution in [0.4, 0.5) is 0 Å². The predicted octanol–water partition coefficient (Wildman–Crippen LogP) is 0.0135. The molecule has 104 valence electrons. The summed E-state index contributed by atoms with van der Waals surface area (Å²) < 4.78 is 0.279. The Kier molecular flexibility index (Phi) is 4.07. The monoisotopic (exact) mass is 330 g/mol. The first-order valence-electron chi connectivity index (χ1n) is 5.93. The summed E-state index contributed by atoms with van der Waals surface area (Å²) in [5.41, 5.74) is 0.532. The molecule has 2 rings (SSSR count). The van der Waals surface area contributed by atoms with E-state index in [4.69, 9.17) is 0 Å². The zero-order valence-electron chi connectivity index (χ0n) is 10.4. The van der Waals surface area contributed by atoms with E-state index >= 15 is 0 Å². The lowest BCUT2D eigenvalue weighted by atomic mass is 10.1. The first-order valence-corrected chi connectivity index (χ1v) is 6.72. The minimum atomic E-state index is -0.618. The van der Waals surface area contributed by atoms with Gasteiger partial charge >= 0.3 is 0 Å². The molecular formula is C12H15BrN2O4. The summed E-state index contributed by atoms with van der Waals surface area (Å²) in [6, 6.07) is 1.09. The molecule has 0 bridgehead atoms. The van der Waals surface area contributed by atoms with Gasteiger partial charge in [0.25, 0.3) is 11.5 Å². The molecule has 1 aliphatic rings. The quantitative estimate of drug-likeness (QED) is 0.712. The summed E-state index contributed by atoms with van der Waals surface area (Å²) in [5, 5.41) is 18.8. The lowest BCUT2D eigenvalue weighted by Crippen LogP contribution is -2.38. The highest BCUT2D eigenvalue weighted by Gasteiger charge is 2.34. The fraction of sp³-hybridized carbons (Fsp3) is 0.500. The Bertz CT molecular complexity index is 557. The third-order valence-electron chi connectivity index (χ3n) is 3.29. The molecule has 0 saturated carbocycles. The molecule has 1 fully saturated rings. The molecule has 1 saturated heterocycles. The van der Waals surface area contributed by atoms with Crippen LogP contribution in [0.3, 0.4) is 0 Å². The molecule has 2 atom stereocenters. The molecule has 0 aromatic carbocycles. The van der Waals surface area contributed by atoms with Gasteiger partial charge in [-0.1, -0.05) is 0 Å². The van der Waals surface area contributed by atoms with E-state index in [-0.39, 0.29) is 35.1 Å². The van der Waals surface area contributed by atoms with E-state index in [9.17, 15) is 19.8 Å². The highest BCUT2D eigenvalue weighted by molar-refractivity contribution is 9.10. The van der Waals surface area contributed by atoms with Crippen LogP contribution in [-0.4, -0.2) is 51.3 Å². The summed E-state index contributed by atoms with van der Waals surface area (Å²) in [7, 11) is 0. The van der Waals surface area contributed by atoms with Gasteiger partial charge in [0.05, 0.1) is 28.8 Å². The number of H-pyrrole nitrogens is 1. The van der Waals surface area contributed by atoms with Crippen LogP contribution in [0, 0.1) is 6.92 Å². The van der Waals surface area contributed by atoms with Crippen molar-refractivity contribution in [3.05, 3.63) is 32.2 Å². The Morgan fingerprint density at radius 3 is 2.95 bits per heavy atom. The number of aromatic amines is 1. The summed E-state index contributed by atoms with van der Waals surface area (Å²) in [6.45, 7) is 1.65. The number of nitrogens with one attached hydrogen (secondary N) is 1. The molecule has 7 heteroatoms. The van der Waals surface area contributed by atoms with Crippen molar-refractivity contribution in [3.63, 3.8) is 0 Å². The van der Waals surface area contributed by atoms with Crippen LogP contribution in [0.2, 0.25) is 0 Å². The number of aliphatic hydroxyl groups is 2. The molecule has 1 aromatic heterocycles. The van der Waals surface area contributed by atoms with Crippen molar-refractivity contribution in [2.75, 3.05) is 13.2 Å². The van der Waals surface area contributed by atoms with E-state index in [0.717, 1.165) is 0 Å². The number of hydrogen-bond acceptors (Lipinski definition) is 4. The molecule has 0 unspecified atom stereocenters. The van der Waals surface area contributed by atoms with Gasteiger partial charge in [-0.25, -0.2) is 0 Å². The summed E-state index contributed by atoms with van der Waals surface area (Å²) in [4.78, 5) is 27.8. The second kappa shape index (κ2) is 5.44. The number of nitrogens with zero attached hydrogens (tertiary/aromatic N) is 1. The molecule has 1 amide bonds. The maximum atomic E-state index is 12.4. The third kappa shape index (κ3) is 2.72. The predicted molar refractivity (Wildman–Crippen MR) is 72.0 cm³/mol. The SMILES string of the molecule is Cc1[nH]c(=O)c(Br)cc1C(=O)N1C[C@H](O)C[C@H]1CO. The smallest absolute Gasteiger partial charge is 0.262 e. The van der Waals surface area contributed by atoms with Crippen LogP contribution in [-0.2, 0) is 0 Å². The minimum Gasteiger partial charge on any atom is -0.394 e. The number of rotatable bonds is 2. The molecular weight excluding hydrogens is 316 g/mol. The number of aliphatic hydroxyl groups excluding tert-OH is 2. The van der Waals surface area contributed by atoms with Crippen LogP contribution in [0.15, 0.2) is 15.3 Å². The van der Waals surface area contributed by atoms with Gasteiger partial charge in [-0.2, -0.15) is 0 Å². The highest BCUT2D eigenvalue weighted by Crippen LogP contribution is 2.21. The van der Waals surface area contributed by atoms with Gasteiger partial charge in [0.2, 0.25) is 0 Å². The van der Waals surface area contributed by atoms with Gasteiger partial charge in [0.15, 0.2) is 0 Å². The second-order valence-electron chi connectivity index (χ2n) is 4.67. The number of aromatic nitrogens is 1. The first-order chi connectivity index (χ1) is 8.93. The van der Waals surface area contributed by atoms with E-state index in [1.807, 2.05) is 0 Å². The topological polar surface area (TPSA) is 93.6 Å². The highest BCUT2D eigenvalue weighted by atomic mass is 79.9. The lowest BCUT2D eigenvalue weighted by molar-refractivity contribution is 0.0663. The average Bonchev–Trinajstić information content (AvgIpc) is 2.74. The number of carbonyl (C=O) groups excluding carboxylic acids is 1. The van der Waals surface area contributed by atoms with Crippen molar-refractivity contribution < 1.29 is 15.0 Å². The maximum Gasteiger partial charge on any atom is 0.262 e. The lowest BCUT2D eigenvalue weighted by Gasteiger charge is -2.23. The second-order valence-corrected chi connectivity index (χ2v) is 5.52. The molecule has 1 aromatic rings. The van der Waals surface area contributed by atoms with E-state index in [1.54, 1.807) is 6.92 Å². The molecule has 0 aliphatic carbocycles. The van der Waals surface area contributed by atoms with Crippen molar-refractivity contribution in [1.82, 2.24) is 9.88 Å². The molecule has 3 N–H and O–H groups in total. The van der Waals surface area contributed by atoms with Gasteiger partial charge in [-0.15, -0.1) is 0 Å². The summed E-state index contributed by atoms with van der Waals surface area (Å²) in [5.74, 6) is -0.301. The van der Waals surface area contributed by atoms with Crippen molar-refractivity contribution in [2.45, 2.75) is 25.5 Å². The van der Waals surface area contributed by atoms with Crippen LogP contribution in [0.25, 0.3) is 0 Å². The molecule has 1 aliphatic heterocycles. The molecule has 0 radical (unpaired) electrons. The normalized spacial score (nSPS) is 22.8. The van der Waals surface area contributed by atoms with Crippen LogP contribution < -0.4 is 5.56 Å². The average molecular weight is 331 g/mol. The standard InChI is InChI=1S/C12H15BrN2O4/c1-6-9(3-10(13)11(18)14-6)12(19)15-4-8(17)2-7(15)5-16/h3,7-8,16-17H,2,4-5H2,1H3,(H,14,18)/t7-,8+/m0/s1. The Balaban J connectivity index is 2.34. The van der Waals surface area contributed by atoms with Gasteiger partial charge < -0.3 is 20.1 Å². The van der Waals surface area contributed by atoms with Crippen molar-refractivity contribution >= 4 is 21.8 Å². The van der Waals surface area contributed by atoms with Crippen LogP contribution in [0.5, 0.6) is 0 Å². The van der Waals surface area contributed by atoms with Crippen LogP contribution in [0.1, 0.15) is 22.5 Å². The zero-order chi connectivity index (χ0) is 14.2. The Labute approximate surface area is 118 Å². The summed E-state index contributed by atoms with van der Waals surface area (Å²) >= 11 is 3.09. The fourth-order valence-electron chi connectivity index (χ4n) is 2.29. The van der Waals surface area contributed by atoms with E-state index in [0.29, 0.717) is 17.7 Å². The van der Waals surface area contributed by atoms with E-state index < -0.39 is 6.10 Å². The number of β-amino-alcohol motifs (C(OH)–C–C–N with tert-alkyl or cyclic N) is 1. The number of aryl methyl sites for hydroxylation is 1. The number of hydrogen-bond donors (Lipinski definition) is 3. The number of amides is 1. The summed E-state index contributed by atoms with van der Waals surface area (Å²) in [6.07, 6.45) is -0.251. The largest absolute Gasteiger partial charge is 0.394 e. The van der Waals surface area contributed by atoms with Crippen molar-refractivity contribution in [1.29, 1.82) is 0 Å². The maximum absolute atomic E-state index is 12.4. The van der Waals surface area contributed by atoms with Gasteiger partial charge in [-0.3, -0.25) is 9.59 Å². The Morgan fingerprint density at radius 1 is 1.63 bits per heavy atom. The van der Waals surface area contributed by atoms with Crippen molar-refractivity contribution in [3.8, 4) is 0 Å². The van der Waals surface area contributed by atoms with Gasteiger partial charge in [0, 0.05) is 12.2 Å². The Hall–Kier alpha value is -1.18. The molecule has 6 nitrogen and oxygen atoms in total. The van der Waals surface area contributed by atoms with E-state index in [1.165, 1.54) is 11.0 Å². The molecule has 2 heterocycles. The number of carbonyl (C=O) groups is 1. The first kappa shape index (κ1) is 14.2. The molecule has 0 spiro atoms. The van der Waals surface area contributed by atoms with Crippen molar-refractivity contribution in [2.24, 2.45) is 0 Å². The van der Waals surface area contributed by atoms with Gasteiger partial charge in [0.1, 0.15) is 0 Å². The number of likely N-dealkylation sites (tertiary alicyclic amines) is 1. The minimum absolute atomic E-state index is 0.188. The Morgan fingerprint density at radius 2 is 2.32 bits per heavy atom. The fourth-order valence-corrected chi connectivity index (χ4v) is 2.62. The number of halogens is 1. The van der Waals surface area contributed by atoms with E-state index in [2.05, 4.69) is 20.9 Å². The zero-order valence-corrected chi connectivity index (χ0v) is 12.0. The molecule has 19 heavy (non-hydrogen) atoms. The third-order valence-corrected chi connectivity index (χ3v) is 3.88. The van der Waals surface area contributed by atoms with Gasteiger partial charge in [-0.05, 0) is 35.3 Å². The van der Waals surface area contributed by atoms with Crippen LogP contribution >= 0.6 is 15.9 Å². The number of pyridine rings is 1.